The van der Waals surface area contributed by atoms with Gasteiger partial charge in [0.25, 0.3) is 0 Å². The number of hydrogen-bond donors (Lipinski definition) is 1. The Morgan fingerprint density at radius 1 is 1.62 bits per heavy atom. The van der Waals surface area contributed by atoms with E-state index in [1.165, 1.54) is 11.3 Å². The second kappa shape index (κ2) is 5.15. The predicted molar refractivity (Wildman–Crippen MR) is 70.0 cm³/mol. The molecule has 1 fully saturated rings. The number of anilines is 1. The summed E-state index contributed by atoms with van der Waals surface area (Å²) in [5.41, 5.74) is 0. The fraction of sp³-hybridized carbons (Fsp3) is 0.750. The Hall–Kier alpha value is -0.610. The molecule has 16 heavy (non-hydrogen) atoms. The Labute approximate surface area is 102 Å². The van der Waals surface area contributed by atoms with Crippen LogP contribution in [-0.2, 0) is 6.54 Å². The molecule has 1 aromatic heterocycles. The maximum atomic E-state index is 4.48. The minimum absolute atomic E-state index is 0.895. The van der Waals surface area contributed by atoms with Crippen LogP contribution in [0.25, 0.3) is 0 Å². The normalized spacial score (nSPS) is 23.4. The summed E-state index contributed by atoms with van der Waals surface area (Å²) in [7, 11) is 2.15. The molecular weight excluding hydrogens is 218 g/mol. The second-order valence-corrected chi connectivity index (χ2v) is 5.84. The van der Waals surface area contributed by atoms with Crippen LogP contribution in [0.2, 0.25) is 0 Å². The summed E-state index contributed by atoms with van der Waals surface area (Å²) in [4.78, 5) is 8.11. The van der Waals surface area contributed by atoms with Crippen molar-refractivity contribution in [2.75, 3.05) is 25.0 Å². The third-order valence-electron chi connectivity index (χ3n) is 3.20. The lowest BCUT2D eigenvalue weighted by atomic mass is 10.3. The average molecular weight is 239 g/mol. The lowest BCUT2D eigenvalue weighted by Crippen LogP contribution is -2.20. The van der Waals surface area contributed by atoms with Crippen LogP contribution in [0.4, 0.5) is 5.13 Å². The Morgan fingerprint density at radius 2 is 2.38 bits per heavy atom. The number of aromatic nitrogens is 1. The van der Waals surface area contributed by atoms with E-state index in [4.69, 9.17) is 0 Å². The van der Waals surface area contributed by atoms with Gasteiger partial charge in [-0.15, -0.1) is 11.3 Å². The van der Waals surface area contributed by atoms with Crippen molar-refractivity contribution in [3.63, 3.8) is 0 Å². The summed E-state index contributed by atoms with van der Waals surface area (Å²) in [6.45, 7) is 7.58. The highest BCUT2D eigenvalue weighted by Crippen LogP contribution is 2.39. The van der Waals surface area contributed by atoms with E-state index in [0.717, 1.165) is 36.6 Å². The van der Waals surface area contributed by atoms with Gasteiger partial charge in [-0.3, -0.25) is 0 Å². The number of thiazole rings is 1. The third kappa shape index (κ3) is 2.95. The van der Waals surface area contributed by atoms with Crippen LogP contribution in [0.3, 0.4) is 0 Å². The van der Waals surface area contributed by atoms with Gasteiger partial charge < -0.3 is 10.2 Å². The van der Waals surface area contributed by atoms with E-state index < -0.39 is 0 Å². The van der Waals surface area contributed by atoms with Crippen LogP contribution in [0.15, 0.2) is 6.20 Å². The summed E-state index contributed by atoms with van der Waals surface area (Å²) in [5.74, 6) is 1.81. The molecule has 1 aromatic rings. The van der Waals surface area contributed by atoms with Crippen molar-refractivity contribution in [2.45, 2.75) is 26.8 Å². The van der Waals surface area contributed by atoms with Crippen LogP contribution in [0.1, 0.15) is 25.1 Å². The molecule has 4 heteroatoms. The Morgan fingerprint density at radius 3 is 3.00 bits per heavy atom. The van der Waals surface area contributed by atoms with Crippen molar-refractivity contribution >= 4 is 16.5 Å². The van der Waals surface area contributed by atoms with E-state index in [9.17, 15) is 0 Å². The first-order valence-corrected chi connectivity index (χ1v) is 6.89. The molecule has 1 N–H and O–H groups in total. The molecular formula is C12H21N3S. The minimum atomic E-state index is 0.895. The van der Waals surface area contributed by atoms with Crippen molar-refractivity contribution in [2.24, 2.45) is 11.8 Å². The molecule has 2 atom stereocenters. The molecule has 3 nitrogen and oxygen atoms in total. The molecule has 0 aromatic carbocycles. The first-order valence-electron chi connectivity index (χ1n) is 6.07. The Bertz CT molecular complexity index is 337. The van der Waals surface area contributed by atoms with Crippen LogP contribution >= 0.6 is 11.3 Å². The van der Waals surface area contributed by atoms with E-state index in [2.05, 4.69) is 36.1 Å². The molecule has 0 amide bonds. The van der Waals surface area contributed by atoms with E-state index >= 15 is 0 Å². The summed E-state index contributed by atoms with van der Waals surface area (Å²) in [6.07, 6.45) is 3.38. The van der Waals surface area contributed by atoms with E-state index in [1.54, 1.807) is 11.3 Å². The van der Waals surface area contributed by atoms with Crippen LogP contribution < -0.4 is 10.2 Å². The van der Waals surface area contributed by atoms with Gasteiger partial charge in [0.15, 0.2) is 5.13 Å². The van der Waals surface area contributed by atoms with Crippen LogP contribution in [0.5, 0.6) is 0 Å². The topological polar surface area (TPSA) is 28.2 Å². The van der Waals surface area contributed by atoms with Gasteiger partial charge in [-0.2, -0.15) is 0 Å². The number of hydrogen-bond acceptors (Lipinski definition) is 4. The molecule has 1 saturated carbocycles. The molecule has 1 aliphatic rings. The predicted octanol–water partition coefficient (Wildman–Crippen LogP) is 2.34. The van der Waals surface area contributed by atoms with E-state index in [1.807, 2.05) is 6.20 Å². The molecule has 1 heterocycles. The van der Waals surface area contributed by atoms with Gasteiger partial charge in [0, 0.05) is 31.2 Å². The highest BCUT2D eigenvalue weighted by Gasteiger charge is 2.33. The summed E-state index contributed by atoms with van der Waals surface area (Å²) in [6, 6.07) is 0. The molecule has 0 bridgehead atoms. The molecule has 0 aliphatic heterocycles. The molecule has 0 radical (unpaired) electrons. The van der Waals surface area contributed by atoms with Crippen molar-refractivity contribution in [3.05, 3.63) is 11.1 Å². The van der Waals surface area contributed by atoms with Gasteiger partial charge in [0.05, 0.1) is 0 Å². The van der Waals surface area contributed by atoms with Crippen molar-refractivity contribution in [1.29, 1.82) is 0 Å². The van der Waals surface area contributed by atoms with Crippen LogP contribution in [-0.4, -0.2) is 25.1 Å². The largest absolute Gasteiger partial charge is 0.351 e. The molecule has 2 rings (SSSR count). The van der Waals surface area contributed by atoms with Gasteiger partial charge in [-0.25, -0.2) is 4.98 Å². The first kappa shape index (κ1) is 11.9. The van der Waals surface area contributed by atoms with Crippen LogP contribution in [0, 0.1) is 11.8 Å². The lowest BCUT2D eigenvalue weighted by Gasteiger charge is -2.14. The average Bonchev–Trinajstić information content (AvgIpc) is 2.81. The van der Waals surface area contributed by atoms with Gasteiger partial charge in [0.1, 0.15) is 0 Å². The standard InChI is InChI=1S/C12H21N3S/c1-4-13-6-11-7-14-12(16-11)15(3)8-10-5-9(10)2/h7,9-10,13H,4-6,8H2,1-3H3. The fourth-order valence-corrected chi connectivity index (χ4v) is 2.74. The monoisotopic (exact) mass is 239 g/mol. The Kier molecular flexibility index (Phi) is 3.82. The van der Waals surface area contributed by atoms with E-state index in [-0.39, 0.29) is 0 Å². The zero-order chi connectivity index (χ0) is 11.5. The highest BCUT2D eigenvalue weighted by atomic mass is 32.1. The van der Waals surface area contributed by atoms with Crippen molar-refractivity contribution < 1.29 is 0 Å². The smallest absolute Gasteiger partial charge is 0.185 e. The Balaban J connectivity index is 1.85. The van der Waals surface area contributed by atoms with E-state index in [0.29, 0.717) is 0 Å². The first-order chi connectivity index (χ1) is 7.70. The zero-order valence-corrected chi connectivity index (χ0v) is 11.2. The summed E-state index contributed by atoms with van der Waals surface area (Å²) >= 11 is 1.80. The molecule has 0 spiro atoms. The highest BCUT2D eigenvalue weighted by molar-refractivity contribution is 7.15. The maximum Gasteiger partial charge on any atom is 0.185 e. The van der Waals surface area contributed by atoms with Gasteiger partial charge in [-0.1, -0.05) is 13.8 Å². The number of rotatable bonds is 6. The minimum Gasteiger partial charge on any atom is -0.351 e. The molecule has 90 valence electrons. The van der Waals surface area contributed by atoms with Gasteiger partial charge >= 0.3 is 0 Å². The lowest BCUT2D eigenvalue weighted by molar-refractivity contribution is 0.723. The third-order valence-corrected chi connectivity index (χ3v) is 4.31. The summed E-state index contributed by atoms with van der Waals surface area (Å²) in [5, 5.41) is 4.49. The zero-order valence-electron chi connectivity index (χ0n) is 10.4. The second-order valence-electron chi connectivity index (χ2n) is 4.74. The fourth-order valence-electron chi connectivity index (χ4n) is 1.89. The number of nitrogens with one attached hydrogen (secondary N) is 1. The number of nitrogens with zero attached hydrogens (tertiary/aromatic N) is 2. The molecule has 2 unspecified atom stereocenters. The van der Waals surface area contributed by atoms with Crippen molar-refractivity contribution in [1.82, 2.24) is 10.3 Å². The SMILES string of the molecule is CCNCc1cnc(N(C)CC2CC2C)s1. The van der Waals surface area contributed by atoms with Gasteiger partial charge in [-0.05, 0) is 24.8 Å². The molecule has 1 aliphatic carbocycles. The van der Waals surface area contributed by atoms with Gasteiger partial charge in [0.2, 0.25) is 0 Å². The quantitative estimate of drug-likeness (QED) is 0.826. The molecule has 0 saturated heterocycles. The summed E-state index contributed by atoms with van der Waals surface area (Å²) < 4.78 is 0. The maximum absolute atomic E-state index is 4.48. The van der Waals surface area contributed by atoms with Crippen molar-refractivity contribution in [3.8, 4) is 0 Å².